The molecule has 6 heteroatoms. The molecule has 19 heavy (non-hydrogen) atoms. The van der Waals surface area contributed by atoms with Gasteiger partial charge in [0, 0.05) is 10.6 Å². The van der Waals surface area contributed by atoms with Gasteiger partial charge in [-0.2, -0.15) is 11.8 Å². The second-order valence-corrected chi connectivity index (χ2v) is 5.53. The summed E-state index contributed by atoms with van der Waals surface area (Å²) in [5, 5.41) is 12.0. The zero-order valence-electron chi connectivity index (χ0n) is 10.8. The number of carbonyl (C=O) groups is 2. The van der Waals surface area contributed by atoms with Crippen molar-refractivity contribution in [2.24, 2.45) is 0 Å². The van der Waals surface area contributed by atoms with E-state index in [1.54, 1.807) is 36.9 Å². The number of hydrogen-bond acceptors (Lipinski definition) is 3. The van der Waals surface area contributed by atoms with Crippen LogP contribution < -0.4 is 5.32 Å². The third kappa shape index (κ3) is 4.76. The average Bonchev–Trinajstić information content (AvgIpc) is 2.36. The second kappa shape index (κ2) is 7.40. The zero-order valence-corrected chi connectivity index (χ0v) is 12.3. The van der Waals surface area contributed by atoms with E-state index in [9.17, 15) is 9.59 Å². The molecule has 1 atom stereocenters. The Bertz CT molecular complexity index is 479. The van der Waals surface area contributed by atoms with Crippen LogP contribution in [-0.2, 0) is 4.79 Å². The molecule has 0 aliphatic heterocycles. The SMILES string of the molecule is CSCC[C@@H](NC(=O)c1cc(Cl)ccc1C)C(=O)O. The van der Waals surface area contributed by atoms with E-state index in [2.05, 4.69) is 5.32 Å². The average molecular weight is 302 g/mol. The summed E-state index contributed by atoms with van der Waals surface area (Å²) in [6.45, 7) is 1.78. The fraction of sp³-hybridized carbons (Fsp3) is 0.385. The van der Waals surface area contributed by atoms with Crippen LogP contribution in [0.1, 0.15) is 22.3 Å². The topological polar surface area (TPSA) is 66.4 Å². The molecule has 104 valence electrons. The summed E-state index contributed by atoms with van der Waals surface area (Å²) < 4.78 is 0. The maximum absolute atomic E-state index is 12.1. The summed E-state index contributed by atoms with van der Waals surface area (Å²) in [6, 6.07) is 4.09. The van der Waals surface area contributed by atoms with E-state index in [1.165, 1.54) is 0 Å². The number of carbonyl (C=O) groups excluding carboxylic acids is 1. The molecule has 0 saturated heterocycles. The Morgan fingerprint density at radius 2 is 2.16 bits per heavy atom. The van der Waals surface area contributed by atoms with Gasteiger partial charge in [-0.05, 0) is 43.0 Å². The summed E-state index contributed by atoms with van der Waals surface area (Å²) in [7, 11) is 0. The quantitative estimate of drug-likeness (QED) is 0.847. The molecule has 1 aromatic carbocycles. The van der Waals surface area contributed by atoms with Gasteiger partial charge in [-0.25, -0.2) is 4.79 Å². The Morgan fingerprint density at radius 3 is 2.74 bits per heavy atom. The lowest BCUT2D eigenvalue weighted by Gasteiger charge is -2.15. The van der Waals surface area contributed by atoms with Crippen LogP contribution in [0, 0.1) is 6.92 Å². The van der Waals surface area contributed by atoms with Gasteiger partial charge in [-0.1, -0.05) is 17.7 Å². The summed E-state index contributed by atoms with van der Waals surface area (Å²) in [4.78, 5) is 23.1. The van der Waals surface area contributed by atoms with Crippen LogP contribution in [0.4, 0.5) is 0 Å². The lowest BCUT2D eigenvalue weighted by molar-refractivity contribution is -0.139. The summed E-state index contributed by atoms with van der Waals surface area (Å²) in [5.41, 5.74) is 1.17. The van der Waals surface area contributed by atoms with E-state index in [1.807, 2.05) is 6.26 Å². The summed E-state index contributed by atoms with van der Waals surface area (Å²) in [5.74, 6) is -0.762. The molecule has 1 rings (SSSR count). The first-order chi connectivity index (χ1) is 8.95. The highest BCUT2D eigenvalue weighted by molar-refractivity contribution is 7.98. The number of carboxylic acid groups (broad SMARTS) is 1. The number of amides is 1. The second-order valence-electron chi connectivity index (χ2n) is 4.11. The minimum absolute atomic E-state index is 0.391. The smallest absolute Gasteiger partial charge is 0.326 e. The zero-order chi connectivity index (χ0) is 14.4. The number of benzene rings is 1. The normalized spacial score (nSPS) is 11.9. The van der Waals surface area contributed by atoms with Gasteiger partial charge in [0.2, 0.25) is 0 Å². The van der Waals surface area contributed by atoms with Crippen LogP contribution in [0.5, 0.6) is 0 Å². The van der Waals surface area contributed by atoms with Crippen molar-refractivity contribution in [3.8, 4) is 0 Å². The highest BCUT2D eigenvalue weighted by atomic mass is 35.5. The molecule has 2 N–H and O–H groups in total. The highest BCUT2D eigenvalue weighted by Crippen LogP contribution is 2.15. The minimum Gasteiger partial charge on any atom is -0.480 e. The van der Waals surface area contributed by atoms with Gasteiger partial charge in [-0.15, -0.1) is 0 Å². The Morgan fingerprint density at radius 1 is 1.47 bits per heavy atom. The Hall–Kier alpha value is -1.20. The summed E-state index contributed by atoms with van der Waals surface area (Å²) >= 11 is 7.38. The van der Waals surface area contributed by atoms with Crippen molar-refractivity contribution in [2.45, 2.75) is 19.4 Å². The standard InChI is InChI=1S/C13H16ClNO3S/c1-8-3-4-9(14)7-10(8)12(16)15-11(13(17)18)5-6-19-2/h3-4,7,11H,5-6H2,1-2H3,(H,15,16)(H,17,18)/t11-/m1/s1. The maximum Gasteiger partial charge on any atom is 0.326 e. The van der Waals surface area contributed by atoms with Crippen molar-refractivity contribution in [1.29, 1.82) is 0 Å². The van der Waals surface area contributed by atoms with Crippen LogP contribution >= 0.6 is 23.4 Å². The first-order valence-corrected chi connectivity index (χ1v) is 7.51. The van der Waals surface area contributed by atoms with E-state index in [0.717, 1.165) is 5.56 Å². The van der Waals surface area contributed by atoms with Crippen molar-refractivity contribution in [2.75, 3.05) is 12.0 Å². The van der Waals surface area contributed by atoms with Gasteiger partial charge < -0.3 is 10.4 Å². The number of thioether (sulfide) groups is 1. The third-order valence-corrected chi connectivity index (χ3v) is 3.54. The molecule has 0 heterocycles. The fourth-order valence-corrected chi connectivity index (χ4v) is 2.21. The fourth-order valence-electron chi connectivity index (χ4n) is 1.57. The first-order valence-electron chi connectivity index (χ1n) is 5.74. The van der Waals surface area contributed by atoms with Crippen molar-refractivity contribution < 1.29 is 14.7 Å². The van der Waals surface area contributed by atoms with E-state index >= 15 is 0 Å². The van der Waals surface area contributed by atoms with Crippen molar-refractivity contribution in [3.05, 3.63) is 34.3 Å². The Kier molecular flexibility index (Phi) is 6.18. The van der Waals surface area contributed by atoms with E-state index in [4.69, 9.17) is 16.7 Å². The molecular formula is C13H16ClNO3S. The molecule has 0 bridgehead atoms. The summed E-state index contributed by atoms with van der Waals surface area (Å²) in [6.07, 6.45) is 2.28. The first kappa shape index (κ1) is 15.9. The van der Waals surface area contributed by atoms with Crippen molar-refractivity contribution >= 4 is 35.2 Å². The molecule has 0 aliphatic rings. The van der Waals surface area contributed by atoms with Gasteiger partial charge in [0.25, 0.3) is 5.91 Å². The molecule has 0 fully saturated rings. The van der Waals surface area contributed by atoms with E-state index in [-0.39, 0.29) is 0 Å². The number of aryl methyl sites for hydroxylation is 1. The van der Waals surface area contributed by atoms with Crippen molar-refractivity contribution in [1.82, 2.24) is 5.32 Å². The molecule has 0 aromatic heterocycles. The van der Waals surface area contributed by atoms with Gasteiger partial charge in [-0.3, -0.25) is 4.79 Å². The Labute approximate surface area is 121 Å². The lowest BCUT2D eigenvalue weighted by Crippen LogP contribution is -2.41. The number of halogens is 1. The minimum atomic E-state index is -1.03. The molecule has 0 spiro atoms. The molecule has 0 aliphatic carbocycles. The largest absolute Gasteiger partial charge is 0.480 e. The number of nitrogens with one attached hydrogen (secondary N) is 1. The monoisotopic (exact) mass is 301 g/mol. The predicted molar refractivity (Wildman–Crippen MR) is 78.1 cm³/mol. The van der Waals surface area contributed by atoms with Gasteiger partial charge in [0.15, 0.2) is 0 Å². The van der Waals surface area contributed by atoms with Crippen LogP contribution in [0.3, 0.4) is 0 Å². The molecule has 4 nitrogen and oxygen atoms in total. The van der Waals surface area contributed by atoms with Crippen LogP contribution in [0.25, 0.3) is 0 Å². The molecular weight excluding hydrogens is 286 g/mol. The molecule has 1 amide bonds. The number of carboxylic acids is 1. The van der Waals surface area contributed by atoms with E-state index in [0.29, 0.717) is 22.8 Å². The van der Waals surface area contributed by atoms with Gasteiger partial charge in [0.05, 0.1) is 0 Å². The number of aliphatic carboxylic acids is 1. The van der Waals surface area contributed by atoms with Gasteiger partial charge in [0.1, 0.15) is 6.04 Å². The van der Waals surface area contributed by atoms with Crippen LogP contribution in [0.15, 0.2) is 18.2 Å². The predicted octanol–water partition coefficient (Wildman–Crippen LogP) is 2.58. The number of hydrogen-bond donors (Lipinski definition) is 2. The molecule has 0 saturated carbocycles. The van der Waals surface area contributed by atoms with E-state index < -0.39 is 17.9 Å². The van der Waals surface area contributed by atoms with Crippen LogP contribution in [-0.4, -0.2) is 35.0 Å². The third-order valence-electron chi connectivity index (χ3n) is 2.66. The van der Waals surface area contributed by atoms with Gasteiger partial charge >= 0.3 is 5.97 Å². The lowest BCUT2D eigenvalue weighted by atomic mass is 10.1. The maximum atomic E-state index is 12.1. The number of rotatable bonds is 6. The Balaban J connectivity index is 2.81. The van der Waals surface area contributed by atoms with Crippen LogP contribution in [0.2, 0.25) is 5.02 Å². The van der Waals surface area contributed by atoms with Crippen molar-refractivity contribution in [3.63, 3.8) is 0 Å². The highest BCUT2D eigenvalue weighted by Gasteiger charge is 2.21. The molecule has 0 radical (unpaired) electrons. The molecule has 1 aromatic rings. The molecule has 0 unspecified atom stereocenters.